The molecule has 2 heterocycles. The van der Waals surface area contributed by atoms with E-state index in [2.05, 4.69) is 19.9 Å². The van der Waals surface area contributed by atoms with Gasteiger partial charge in [0.1, 0.15) is 24.1 Å². The minimum absolute atomic E-state index is 0.129. The fraction of sp³-hybridized carbons (Fsp3) is 0.333. The van der Waals surface area contributed by atoms with Crippen LogP contribution in [0.2, 0.25) is 0 Å². The topological polar surface area (TPSA) is 80.8 Å². The van der Waals surface area contributed by atoms with Gasteiger partial charge < -0.3 is 9.72 Å². The summed E-state index contributed by atoms with van der Waals surface area (Å²) in [4.78, 5) is 26.0. The van der Waals surface area contributed by atoms with Crippen molar-refractivity contribution in [2.45, 2.75) is 13.3 Å². The van der Waals surface area contributed by atoms with Gasteiger partial charge in [0.2, 0.25) is 0 Å². The smallest absolute Gasteiger partial charge is 0.313 e. The molecule has 0 unspecified atom stereocenters. The van der Waals surface area contributed by atoms with E-state index in [0.29, 0.717) is 18.1 Å². The Morgan fingerprint density at radius 3 is 3.20 bits per heavy atom. The number of imidazole rings is 1. The summed E-state index contributed by atoms with van der Waals surface area (Å²) in [7, 11) is 0. The van der Waals surface area contributed by atoms with Crippen LogP contribution in [0.3, 0.4) is 0 Å². The molecule has 0 aliphatic rings. The predicted molar refractivity (Wildman–Crippen MR) is 52.0 cm³/mol. The number of aromatic nitrogens is 4. The molecule has 2 rings (SSSR count). The quantitative estimate of drug-likeness (QED) is 0.738. The average molecular weight is 206 g/mol. The SMILES string of the molecule is CCOC(=O)Cc1nc2ncncc2[nH]1. The van der Waals surface area contributed by atoms with Crippen molar-refractivity contribution in [2.24, 2.45) is 0 Å². The summed E-state index contributed by atoms with van der Waals surface area (Å²) in [6.45, 7) is 2.14. The Labute approximate surface area is 85.7 Å². The van der Waals surface area contributed by atoms with Crippen molar-refractivity contribution in [1.29, 1.82) is 0 Å². The molecule has 78 valence electrons. The minimum atomic E-state index is -0.301. The van der Waals surface area contributed by atoms with E-state index in [4.69, 9.17) is 4.74 Å². The van der Waals surface area contributed by atoms with Crippen LogP contribution in [0.4, 0.5) is 0 Å². The van der Waals surface area contributed by atoms with Crippen molar-refractivity contribution in [3.05, 3.63) is 18.3 Å². The molecule has 0 aliphatic carbocycles. The molecule has 0 saturated carbocycles. The summed E-state index contributed by atoms with van der Waals surface area (Å²) in [6, 6.07) is 0. The monoisotopic (exact) mass is 206 g/mol. The van der Waals surface area contributed by atoms with E-state index in [1.54, 1.807) is 13.1 Å². The van der Waals surface area contributed by atoms with Crippen LogP contribution >= 0.6 is 0 Å². The number of hydrogen-bond donors (Lipinski definition) is 1. The van der Waals surface area contributed by atoms with Gasteiger partial charge in [0.05, 0.1) is 12.8 Å². The molecule has 1 N–H and O–H groups in total. The van der Waals surface area contributed by atoms with Gasteiger partial charge in [0.25, 0.3) is 0 Å². The summed E-state index contributed by atoms with van der Waals surface area (Å²) in [5.74, 6) is 0.244. The van der Waals surface area contributed by atoms with E-state index in [1.165, 1.54) is 6.33 Å². The zero-order valence-corrected chi connectivity index (χ0v) is 8.23. The van der Waals surface area contributed by atoms with Crippen LogP contribution in [0.5, 0.6) is 0 Å². The van der Waals surface area contributed by atoms with Gasteiger partial charge in [-0.15, -0.1) is 0 Å². The van der Waals surface area contributed by atoms with E-state index < -0.39 is 0 Å². The summed E-state index contributed by atoms with van der Waals surface area (Å²) in [6.07, 6.45) is 3.16. The third-order valence-electron chi connectivity index (χ3n) is 1.83. The van der Waals surface area contributed by atoms with Crippen LogP contribution in [0.1, 0.15) is 12.7 Å². The largest absolute Gasteiger partial charge is 0.466 e. The van der Waals surface area contributed by atoms with Gasteiger partial charge >= 0.3 is 5.97 Å². The lowest BCUT2D eigenvalue weighted by Gasteiger charge is -1.97. The number of fused-ring (bicyclic) bond motifs is 1. The highest BCUT2D eigenvalue weighted by atomic mass is 16.5. The van der Waals surface area contributed by atoms with Gasteiger partial charge in [-0.1, -0.05) is 0 Å². The maximum Gasteiger partial charge on any atom is 0.313 e. The molecule has 0 aromatic carbocycles. The van der Waals surface area contributed by atoms with Gasteiger partial charge in [-0.05, 0) is 6.92 Å². The third-order valence-corrected chi connectivity index (χ3v) is 1.83. The van der Waals surface area contributed by atoms with Crippen molar-refractivity contribution in [3.8, 4) is 0 Å². The van der Waals surface area contributed by atoms with E-state index in [0.717, 1.165) is 5.52 Å². The van der Waals surface area contributed by atoms with Crippen molar-refractivity contribution in [2.75, 3.05) is 6.61 Å². The maximum atomic E-state index is 11.2. The molecule has 6 heteroatoms. The lowest BCUT2D eigenvalue weighted by molar-refractivity contribution is -0.142. The first-order valence-electron chi connectivity index (χ1n) is 4.60. The number of nitrogens with one attached hydrogen (secondary N) is 1. The number of aromatic amines is 1. The summed E-state index contributed by atoms with van der Waals surface area (Å²) < 4.78 is 4.81. The Bertz CT molecular complexity index is 447. The Morgan fingerprint density at radius 2 is 2.47 bits per heavy atom. The van der Waals surface area contributed by atoms with E-state index in [9.17, 15) is 4.79 Å². The lowest BCUT2D eigenvalue weighted by Crippen LogP contribution is -2.08. The first-order valence-corrected chi connectivity index (χ1v) is 4.60. The number of nitrogens with zero attached hydrogens (tertiary/aromatic N) is 3. The van der Waals surface area contributed by atoms with Gasteiger partial charge in [0.15, 0.2) is 5.65 Å². The van der Waals surface area contributed by atoms with Crippen LogP contribution in [-0.2, 0) is 16.0 Å². The normalized spacial score (nSPS) is 10.5. The number of ether oxygens (including phenoxy) is 1. The molecule has 0 radical (unpaired) electrons. The van der Waals surface area contributed by atoms with Crippen LogP contribution in [-0.4, -0.2) is 32.5 Å². The second kappa shape index (κ2) is 4.04. The highest BCUT2D eigenvalue weighted by Gasteiger charge is 2.08. The lowest BCUT2D eigenvalue weighted by atomic mass is 10.4. The fourth-order valence-corrected chi connectivity index (χ4v) is 1.24. The molecular weight excluding hydrogens is 196 g/mol. The van der Waals surface area contributed by atoms with Crippen LogP contribution in [0.25, 0.3) is 11.2 Å². The van der Waals surface area contributed by atoms with Crippen molar-refractivity contribution in [1.82, 2.24) is 19.9 Å². The molecule has 0 bridgehead atoms. The van der Waals surface area contributed by atoms with E-state index in [-0.39, 0.29) is 12.4 Å². The number of H-pyrrole nitrogens is 1. The second-order valence-electron chi connectivity index (χ2n) is 2.93. The molecule has 2 aromatic rings. The van der Waals surface area contributed by atoms with Crippen LogP contribution in [0, 0.1) is 0 Å². The van der Waals surface area contributed by atoms with Crippen LogP contribution < -0.4 is 0 Å². The molecule has 0 atom stereocenters. The fourth-order valence-electron chi connectivity index (χ4n) is 1.24. The van der Waals surface area contributed by atoms with Crippen LogP contribution in [0.15, 0.2) is 12.5 Å². The molecule has 15 heavy (non-hydrogen) atoms. The molecular formula is C9H10N4O2. The molecule has 6 nitrogen and oxygen atoms in total. The molecule has 0 amide bonds. The predicted octanol–water partition coefficient (Wildman–Crippen LogP) is 0.458. The first-order chi connectivity index (χ1) is 7.29. The van der Waals surface area contributed by atoms with Gasteiger partial charge in [-0.3, -0.25) is 4.79 Å². The average Bonchev–Trinajstić information content (AvgIpc) is 2.59. The van der Waals surface area contributed by atoms with Gasteiger partial charge in [-0.2, -0.15) is 0 Å². The van der Waals surface area contributed by atoms with E-state index in [1.807, 2.05) is 0 Å². The molecule has 0 aliphatic heterocycles. The third kappa shape index (κ3) is 2.09. The Balaban J connectivity index is 2.18. The number of hydrogen-bond acceptors (Lipinski definition) is 5. The van der Waals surface area contributed by atoms with Gasteiger partial charge in [0, 0.05) is 0 Å². The number of rotatable bonds is 3. The number of esters is 1. The number of carbonyl (C=O) groups is 1. The summed E-state index contributed by atoms with van der Waals surface area (Å²) in [5, 5.41) is 0. The zero-order valence-electron chi connectivity index (χ0n) is 8.23. The Hall–Kier alpha value is -1.98. The number of carbonyl (C=O) groups excluding carboxylic acids is 1. The van der Waals surface area contributed by atoms with E-state index >= 15 is 0 Å². The highest BCUT2D eigenvalue weighted by Crippen LogP contribution is 2.06. The summed E-state index contributed by atoms with van der Waals surface area (Å²) >= 11 is 0. The minimum Gasteiger partial charge on any atom is -0.466 e. The maximum absolute atomic E-state index is 11.2. The molecule has 0 fully saturated rings. The zero-order chi connectivity index (χ0) is 10.7. The highest BCUT2D eigenvalue weighted by molar-refractivity contribution is 5.74. The standard InChI is InChI=1S/C9H10N4O2/c1-2-15-8(14)3-7-12-6-4-10-5-11-9(6)13-7/h4-5H,2-3H2,1H3,(H,10,11,12,13). The molecule has 0 saturated heterocycles. The molecule has 2 aromatic heterocycles. The molecule has 0 spiro atoms. The summed E-state index contributed by atoms with van der Waals surface area (Å²) in [5.41, 5.74) is 1.28. The van der Waals surface area contributed by atoms with Crippen molar-refractivity contribution >= 4 is 17.1 Å². The van der Waals surface area contributed by atoms with Crippen molar-refractivity contribution in [3.63, 3.8) is 0 Å². The van der Waals surface area contributed by atoms with Gasteiger partial charge in [-0.25, -0.2) is 15.0 Å². The Kier molecular flexibility index (Phi) is 2.57. The Morgan fingerprint density at radius 1 is 1.60 bits per heavy atom. The second-order valence-corrected chi connectivity index (χ2v) is 2.93. The first kappa shape index (κ1) is 9.57. The van der Waals surface area contributed by atoms with Crippen molar-refractivity contribution < 1.29 is 9.53 Å².